The van der Waals surface area contributed by atoms with Gasteiger partial charge < -0.3 is 10.4 Å². The van der Waals surface area contributed by atoms with Gasteiger partial charge in [-0.3, -0.25) is 4.79 Å². The van der Waals surface area contributed by atoms with E-state index >= 15 is 0 Å². The summed E-state index contributed by atoms with van der Waals surface area (Å²) in [7, 11) is 0. The molecule has 1 aromatic rings. The maximum atomic E-state index is 13.4. The summed E-state index contributed by atoms with van der Waals surface area (Å²) >= 11 is 0. The summed E-state index contributed by atoms with van der Waals surface area (Å²) in [6.45, 7) is 0.0202. The lowest BCUT2D eigenvalue weighted by Gasteiger charge is -2.17. The van der Waals surface area contributed by atoms with Crippen molar-refractivity contribution in [3.63, 3.8) is 0 Å². The molecule has 0 heterocycles. The maximum absolute atomic E-state index is 13.4. The summed E-state index contributed by atoms with van der Waals surface area (Å²) in [6.07, 6.45) is 2.51. The van der Waals surface area contributed by atoms with Crippen molar-refractivity contribution in [3.8, 4) is 0 Å². The highest BCUT2D eigenvalue weighted by Crippen LogP contribution is 2.33. The number of amides is 1. The fourth-order valence-corrected chi connectivity index (χ4v) is 2.16. The van der Waals surface area contributed by atoms with Crippen molar-refractivity contribution < 1.29 is 18.7 Å². The zero-order chi connectivity index (χ0) is 13.8. The highest BCUT2D eigenvalue weighted by atomic mass is 19.1. The van der Waals surface area contributed by atoms with E-state index in [0.29, 0.717) is 12.3 Å². The fourth-order valence-electron chi connectivity index (χ4n) is 2.16. The van der Waals surface area contributed by atoms with Crippen LogP contribution in [0.5, 0.6) is 0 Å². The largest absolute Gasteiger partial charge is 0.396 e. The maximum Gasteiger partial charge on any atom is 0.224 e. The lowest BCUT2D eigenvalue weighted by molar-refractivity contribution is -0.121. The first-order valence-electron chi connectivity index (χ1n) is 6.44. The molecule has 0 aromatic heterocycles. The molecule has 1 aromatic carbocycles. The molecule has 0 bridgehead atoms. The van der Waals surface area contributed by atoms with Crippen LogP contribution in [0.3, 0.4) is 0 Å². The third-order valence-corrected chi connectivity index (χ3v) is 3.34. The molecule has 0 saturated heterocycles. The second-order valence-corrected chi connectivity index (χ2v) is 4.94. The molecule has 1 amide bonds. The molecule has 1 atom stereocenters. The normalized spacial score (nSPS) is 16.2. The fraction of sp³-hybridized carbons (Fsp3) is 0.500. The van der Waals surface area contributed by atoms with Crippen LogP contribution in [0.15, 0.2) is 18.2 Å². The molecule has 2 N–H and O–H groups in total. The van der Waals surface area contributed by atoms with Crippen LogP contribution in [-0.2, 0) is 11.2 Å². The Morgan fingerprint density at radius 2 is 2.16 bits per heavy atom. The van der Waals surface area contributed by atoms with Gasteiger partial charge in [-0.1, -0.05) is 6.07 Å². The van der Waals surface area contributed by atoms with Crippen molar-refractivity contribution in [1.29, 1.82) is 0 Å². The third-order valence-electron chi connectivity index (χ3n) is 3.34. The van der Waals surface area contributed by atoms with Gasteiger partial charge in [-0.2, -0.15) is 0 Å². The van der Waals surface area contributed by atoms with Crippen LogP contribution in [0.25, 0.3) is 0 Å². The quantitative estimate of drug-likeness (QED) is 0.827. The van der Waals surface area contributed by atoms with Crippen LogP contribution >= 0.6 is 0 Å². The van der Waals surface area contributed by atoms with Crippen LogP contribution in [0.4, 0.5) is 8.78 Å². The molecular weight excluding hydrogens is 252 g/mol. The molecule has 5 heteroatoms. The predicted octanol–water partition coefficient (Wildman–Crippen LogP) is 1.78. The molecule has 3 nitrogen and oxygen atoms in total. The Morgan fingerprint density at radius 1 is 1.42 bits per heavy atom. The van der Waals surface area contributed by atoms with Gasteiger partial charge in [0.1, 0.15) is 11.6 Å². The van der Waals surface area contributed by atoms with E-state index in [1.165, 1.54) is 6.07 Å². The van der Waals surface area contributed by atoms with Gasteiger partial charge in [-0.05, 0) is 36.8 Å². The Hall–Kier alpha value is -1.49. The zero-order valence-electron chi connectivity index (χ0n) is 10.5. The van der Waals surface area contributed by atoms with Crippen molar-refractivity contribution in [1.82, 2.24) is 5.32 Å². The number of benzene rings is 1. The van der Waals surface area contributed by atoms with E-state index in [-0.39, 0.29) is 30.5 Å². The first-order valence-corrected chi connectivity index (χ1v) is 6.44. The summed E-state index contributed by atoms with van der Waals surface area (Å²) in [5.74, 6) is -1.23. The first kappa shape index (κ1) is 13.9. The predicted molar refractivity (Wildman–Crippen MR) is 66.4 cm³/mol. The van der Waals surface area contributed by atoms with Crippen molar-refractivity contribution in [2.75, 3.05) is 6.61 Å². The Balaban J connectivity index is 1.92. The van der Waals surface area contributed by atoms with Crippen molar-refractivity contribution >= 4 is 5.91 Å². The zero-order valence-corrected chi connectivity index (χ0v) is 10.5. The van der Waals surface area contributed by atoms with Gasteiger partial charge in [0, 0.05) is 18.7 Å². The van der Waals surface area contributed by atoms with Gasteiger partial charge in [-0.25, -0.2) is 8.78 Å². The summed E-state index contributed by atoms with van der Waals surface area (Å²) in [5.41, 5.74) is 0.178. The number of halogens is 2. The Kier molecular flexibility index (Phi) is 4.47. The average Bonchev–Trinajstić information content (AvgIpc) is 3.16. The number of aliphatic hydroxyl groups excluding tert-OH is 1. The van der Waals surface area contributed by atoms with Gasteiger partial charge in [0.05, 0.1) is 6.42 Å². The van der Waals surface area contributed by atoms with Gasteiger partial charge in [0.25, 0.3) is 0 Å². The smallest absolute Gasteiger partial charge is 0.224 e. The van der Waals surface area contributed by atoms with Gasteiger partial charge in [0.15, 0.2) is 0 Å². The molecule has 0 radical (unpaired) electrons. The number of carbonyl (C=O) groups is 1. The summed E-state index contributed by atoms with van der Waals surface area (Å²) in [6, 6.07) is 3.15. The average molecular weight is 269 g/mol. The molecule has 1 unspecified atom stereocenters. The minimum absolute atomic E-state index is 0.0202. The molecule has 0 aliphatic heterocycles. The van der Waals surface area contributed by atoms with Crippen molar-refractivity contribution in [3.05, 3.63) is 35.4 Å². The van der Waals surface area contributed by atoms with E-state index in [9.17, 15) is 13.6 Å². The Morgan fingerprint density at radius 3 is 2.74 bits per heavy atom. The number of carbonyl (C=O) groups excluding carboxylic acids is 1. The first-order chi connectivity index (χ1) is 9.10. The third kappa shape index (κ3) is 3.99. The number of hydrogen-bond donors (Lipinski definition) is 2. The van der Waals surface area contributed by atoms with E-state index in [2.05, 4.69) is 5.32 Å². The van der Waals surface area contributed by atoms with E-state index in [0.717, 1.165) is 25.0 Å². The molecule has 1 fully saturated rings. The van der Waals surface area contributed by atoms with Crippen LogP contribution in [0.1, 0.15) is 24.8 Å². The minimum atomic E-state index is -0.708. The number of rotatable bonds is 6. The van der Waals surface area contributed by atoms with Gasteiger partial charge in [-0.15, -0.1) is 0 Å². The molecule has 2 rings (SSSR count). The van der Waals surface area contributed by atoms with Crippen LogP contribution < -0.4 is 5.32 Å². The summed E-state index contributed by atoms with van der Waals surface area (Å²) in [4.78, 5) is 11.8. The Labute approximate surface area is 110 Å². The van der Waals surface area contributed by atoms with Crippen LogP contribution in [0.2, 0.25) is 0 Å². The standard InChI is InChI=1S/C14H17F2NO2/c15-11-4-3-10(12(16)8-11)7-14(19)17-13(5-6-18)9-1-2-9/h3-4,8-9,13,18H,1-2,5-7H2,(H,17,19). The number of aliphatic hydroxyl groups is 1. The second-order valence-electron chi connectivity index (χ2n) is 4.94. The van der Waals surface area contributed by atoms with E-state index in [1.54, 1.807) is 0 Å². The van der Waals surface area contributed by atoms with E-state index in [1.807, 2.05) is 0 Å². The number of hydrogen-bond acceptors (Lipinski definition) is 2. The molecule has 1 saturated carbocycles. The highest BCUT2D eigenvalue weighted by Gasteiger charge is 2.31. The molecule has 104 valence electrons. The highest BCUT2D eigenvalue weighted by molar-refractivity contribution is 5.79. The van der Waals surface area contributed by atoms with Crippen molar-refractivity contribution in [2.45, 2.75) is 31.7 Å². The van der Waals surface area contributed by atoms with Gasteiger partial charge in [0.2, 0.25) is 5.91 Å². The van der Waals surface area contributed by atoms with E-state index < -0.39 is 11.6 Å². The lowest BCUT2D eigenvalue weighted by Crippen LogP contribution is -2.38. The molecule has 1 aliphatic rings. The van der Waals surface area contributed by atoms with Crippen LogP contribution in [0, 0.1) is 17.6 Å². The SMILES string of the molecule is O=C(Cc1ccc(F)cc1F)NC(CCO)C1CC1. The molecule has 1 aliphatic carbocycles. The second kappa shape index (κ2) is 6.10. The van der Waals surface area contributed by atoms with Crippen molar-refractivity contribution in [2.24, 2.45) is 5.92 Å². The van der Waals surface area contributed by atoms with Crippen LogP contribution in [-0.4, -0.2) is 23.7 Å². The molecule has 19 heavy (non-hydrogen) atoms. The molecule has 0 spiro atoms. The minimum Gasteiger partial charge on any atom is -0.396 e. The summed E-state index contributed by atoms with van der Waals surface area (Å²) in [5, 5.41) is 11.7. The topological polar surface area (TPSA) is 49.3 Å². The van der Waals surface area contributed by atoms with Gasteiger partial charge >= 0.3 is 0 Å². The summed E-state index contributed by atoms with van der Waals surface area (Å²) < 4.78 is 26.1. The Bertz CT molecular complexity index is 461. The van der Waals surface area contributed by atoms with E-state index in [4.69, 9.17) is 5.11 Å². The molecular formula is C14H17F2NO2. The monoisotopic (exact) mass is 269 g/mol. The number of nitrogens with one attached hydrogen (secondary N) is 1. The lowest BCUT2D eigenvalue weighted by atomic mass is 10.1.